The summed E-state index contributed by atoms with van der Waals surface area (Å²) in [5.41, 5.74) is 0.625. The molecule has 0 amide bonds. The molecule has 0 bridgehead atoms. The molecule has 2 aromatic rings. The molecule has 21 heavy (non-hydrogen) atoms. The van der Waals surface area contributed by atoms with Gasteiger partial charge in [-0.3, -0.25) is 14.9 Å². The van der Waals surface area contributed by atoms with Gasteiger partial charge in [-0.2, -0.15) is 0 Å². The molecule has 2 aromatic carbocycles. The second kappa shape index (κ2) is 6.56. The van der Waals surface area contributed by atoms with E-state index in [-0.39, 0.29) is 23.6 Å². The Morgan fingerprint density at radius 2 is 1.95 bits per heavy atom. The van der Waals surface area contributed by atoms with Crippen molar-refractivity contribution < 1.29 is 14.5 Å². The monoisotopic (exact) mass is 325 g/mol. The lowest BCUT2D eigenvalue weighted by Crippen LogP contribution is -2.00. The van der Waals surface area contributed by atoms with Gasteiger partial charge in [0.05, 0.1) is 10.5 Å². The van der Waals surface area contributed by atoms with E-state index >= 15 is 0 Å². The van der Waals surface area contributed by atoms with Crippen LogP contribution < -0.4 is 4.74 Å². The van der Waals surface area contributed by atoms with Crippen molar-refractivity contribution in [3.8, 4) is 5.75 Å². The van der Waals surface area contributed by atoms with Crippen molar-refractivity contribution in [1.82, 2.24) is 0 Å². The van der Waals surface area contributed by atoms with Gasteiger partial charge >= 0.3 is 0 Å². The maximum absolute atomic E-state index is 11.0. The van der Waals surface area contributed by atoms with Crippen LogP contribution in [0.2, 0.25) is 10.0 Å². The maximum atomic E-state index is 11.0. The lowest BCUT2D eigenvalue weighted by atomic mass is 10.2. The number of hydrogen-bond acceptors (Lipinski definition) is 4. The molecule has 0 aliphatic carbocycles. The van der Waals surface area contributed by atoms with E-state index in [4.69, 9.17) is 27.9 Å². The topological polar surface area (TPSA) is 69.4 Å². The summed E-state index contributed by atoms with van der Waals surface area (Å²) in [6.45, 7) is 0.120. The molecule has 108 valence electrons. The van der Waals surface area contributed by atoms with E-state index < -0.39 is 4.92 Å². The molecule has 5 nitrogen and oxygen atoms in total. The molecule has 0 spiro atoms. The molecule has 0 aliphatic rings. The fourth-order valence-corrected chi connectivity index (χ4v) is 2.13. The Balaban J connectivity index is 2.19. The van der Waals surface area contributed by atoms with Gasteiger partial charge in [0.1, 0.15) is 12.4 Å². The molecule has 0 fully saturated rings. The predicted molar refractivity (Wildman–Crippen MR) is 79.3 cm³/mol. The first-order valence-electron chi connectivity index (χ1n) is 5.81. The van der Waals surface area contributed by atoms with Crippen molar-refractivity contribution in [3.63, 3.8) is 0 Å². The number of aldehydes is 1. The van der Waals surface area contributed by atoms with Gasteiger partial charge in [0, 0.05) is 27.7 Å². The fourth-order valence-electron chi connectivity index (χ4n) is 1.67. The van der Waals surface area contributed by atoms with Gasteiger partial charge in [-0.15, -0.1) is 0 Å². The molecule has 0 radical (unpaired) electrons. The number of ether oxygens (including phenoxy) is 1. The first-order valence-corrected chi connectivity index (χ1v) is 6.57. The van der Waals surface area contributed by atoms with Crippen LogP contribution in [-0.4, -0.2) is 11.2 Å². The summed E-state index contributed by atoms with van der Waals surface area (Å²) in [4.78, 5) is 21.1. The van der Waals surface area contributed by atoms with E-state index in [0.29, 0.717) is 21.9 Å². The number of nitro groups is 1. The Hall–Kier alpha value is -2.11. The van der Waals surface area contributed by atoms with Gasteiger partial charge in [-0.1, -0.05) is 29.3 Å². The van der Waals surface area contributed by atoms with Crippen molar-refractivity contribution in [2.24, 2.45) is 0 Å². The molecular formula is C14H9Cl2NO4. The average Bonchev–Trinajstić information content (AvgIpc) is 2.46. The highest BCUT2D eigenvalue weighted by Crippen LogP contribution is 2.26. The Morgan fingerprint density at radius 1 is 1.19 bits per heavy atom. The zero-order valence-corrected chi connectivity index (χ0v) is 12.1. The van der Waals surface area contributed by atoms with Crippen molar-refractivity contribution in [3.05, 3.63) is 67.7 Å². The number of nitrogens with zero attached hydrogens (tertiary/aromatic N) is 1. The van der Waals surface area contributed by atoms with Gasteiger partial charge in [0.15, 0.2) is 6.29 Å². The van der Waals surface area contributed by atoms with Crippen LogP contribution in [0.4, 0.5) is 5.69 Å². The minimum Gasteiger partial charge on any atom is -0.488 e. The summed E-state index contributed by atoms with van der Waals surface area (Å²) in [5.74, 6) is 0.251. The normalized spacial score (nSPS) is 10.2. The molecule has 7 heteroatoms. The van der Waals surface area contributed by atoms with Crippen molar-refractivity contribution >= 4 is 35.2 Å². The third kappa shape index (κ3) is 3.71. The van der Waals surface area contributed by atoms with Crippen LogP contribution in [0, 0.1) is 10.1 Å². The first-order chi connectivity index (χ1) is 10.0. The van der Waals surface area contributed by atoms with Crippen LogP contribution in [0.1, 0.15) is 15.9 Å². The molecule has 0 aromatic heterocycles. The Bertz CT molecular complexity index is 703. The quantitative estimate of drug-likeness (QED) is 0.467. The SMILES string of the molecule is O=Cc1cc([N+](=O)[O-])ccc1OCc1ccc(Cl)cc1Cl. The second-order valence-electron chi connectivity index (χ2n) is 4.12. The summed E-state index contributed by atoms with van der Waals surface area (Å²) in [6.07, 6.45) is 0.506. The van der Waals surface area contributed by atoms with Crippen molar-refractivity contribution in [2.45, 2.75) is 6.61 Å². The predicted octanol–water partition coefficient (Wildman–Crippen LogP) is 4.29. The number of non-ortho nitro benzene ring substituents is 1. The van der Waals surface area contributed by atoms with Gasteiger partial charge in [0.2, 0.25) is 0 Å². The van der Waals surface area contributed by atoms with E-state index in [1.165, 1.54) is 12.1 Å². The first kappa shape index (κ1) is 15.3. The molecule has 0 heterocycles. The van der Waals surface area contributed by atoms with Crippen LogP contribution in [0.15, 0.2) is 36.4 Å². The minimum absolute atomic E-state index is 0.106. The third-order valence-corrected chi connectivity index (χ3v) is 3.32. The zero-order chi connectivity index (χ0) is 15.4. The van der Waals surface area contributed by atoms with Crippen LogP contribution in [0.25, 0.3) is 0 Å². The Labute approximate surface area is 130 Å². The smallest absolute Gasteiger partial charge is 0.270 e. The standard InChI is InChI=1S/C14H9Cl2NO4/c15-11-2-1-9(13(16)6-11)8-21-14-4-3-12(17(19)20)5-10(14)7-18/h1-7H,8H2. The Kier molecular flexibility index (Phi) is 4.77. The molecule has 2 rings (SSSR count). The van der Waals surface area contributed by atoms with Gasteiger partial charge < -0.3 is 4.74 Å². The van der Waals surface area contributed by atoms with E-state index in [2.05, 4.69) is 0 Å². The lowest BCUT2D eigenvalue weighted by molar-refractivity contribution is -0.384. The van der Waals surface area contributed by atoms with E-state index in [1.54, 1.807) is 18.2 Å². The average molecular weight is 326 g/mol. The highest BCUT2D eigenvalue weighted by Gasteiger charge is 2.12. The highest BCUT2D eigenvalue weighted by atomic mass is 35.5. The van der Waals surface area contributed by atoms with Gasteiger partial charge in [0.25, 0.3) is 5.69 Å². The van der Waals surface area contributed by atoms with E-state index in [1.807, 2.05) is 0 Å². The number of halogens is 2. The van der Waals surface area contributed by atoms with Crippen LogP contribution in [0.5, 0.6) is 5.75 Å². The molecule has 0 saturated heterocycles. The summed E-state index contributed by atoms with van der Waals surface area (Å²) in [6, 6.07) is 8.76. The summed E-state index contributed by atoms with van der Waals surface area (Å²) < 4.78 is 5.49. The number of carbonyl (C=O) groups is 1. The van der Waals surface area contributed by atoms with Gasteiger partial charge in [-0.05, 0) is 18.2 Å². The zero-order valence-electron chi connectivity index (χ0n) is 10.6. The van der Waals surface area contributed by atoms with Crippen molar-refractivity contribution in [2.75, 3.05) is 0 Å². The third-order valence-electron chi connectivity index (χ3n) is 2.73. The minimum atomic E-state index is -0.577. The molecule has 0 atom stereocenters. The number of carbonyl (C=O) groups excluding carboxylic acids is 1. The Morgan fingerprint density at radius 3 is 2.57 bits per heavy atom. The second-order valence-corrected chi connectivity index (χ2v) is 4.97. The van der Waals surface area contributed by atoms with E-state index in [0.717, 1.165) is 6.07 Å². The molecule has 0 unspecified atom stereocenters. The van der Waals surface area contributed by atoms with Crippen LogP contribution in [0.3, 0.4) is 0 Å². The van der Waals surface area contributed by atoms with Gasteiger partial charge in [-0.25, -0.2) is 0 Å². The number of rotatable bonds is 5. The summed E-state index contributed by atoms with van der Waals surface area (Å²) in [7, 11) is 0. The highest BCUT2D eigenvalue weighted by molar-refractivity contribution is 6.35. The molecule has 0 saturated carbocycles. The summed E-state index contributed by atoms with van der Waals surface area (Å²) in [5, 5.41) is 11.6. The maximum Gasteiger partial charge on any atom is 0.270 e. The number of hydrogen-bond donors (Lipinski definition) is 0. The van der Waals surface area contributed by atoms with Crippen LogP contribution in [-0.2, 0) is 6.61 Å². The van der Waals surface area contributed by atoms with Crippen LogP contribution >= 0.6 is 23.2 Å². The molecule has 0 N–H and O–H groups in total. The fraction of sp³-hybridized carbons (Fsp3) is 0.0714. The molecular weight excluding hydrogens is 317 g/mol. The largest absolute Gasteiger partial charge is 0.488 e. The molecule has 0 aliphatic heterocycles. The van der Waals surface area contributed by atoms with E-state index in [9.17, 15) is 14.9 Å². The number of benzene rings is 2. The number of nitro benzene ring substituents is 1. The summed E-state index contributed by atoms with van der Waals surface area (Å²) >= 11 is 11.8. The van der Waals surface area contributed by atoms with Crippen molar-refractivity contribution in [1.29, 1.82) is 0 Å². The lowest BCUT2D eigenvalue weighted by Gasteiger charge is -2.09.